The minimum absolute atomic E-state index is 0.554. The number of nitrogens with one attached hydrogen (secondary N) is 1. The largest absolute Gasteiger partial charge is 0.370 e. The Labute approximate surface area is 118 Å². The van der Waals surface area contributed by atoms with Crippen LogP contribution >= 0.6 is 0 Å². The van der Waals surface area contributed by atoms with Crippen molar-refractivity contribution in [3.63, 3.8) is 0 Å². The molecule has 0 bridgehead atoms. The van der Waals surface area contributed by atoms with Crippen LogP contribution in [0.1, 0.15) is 46.1 Å². The highest BCUT2D eigenvalue weighted by Crippen LogP contribution is 2.21. The maximum absolute atomic E-state index is 4.28. The van der Waals surface area contributed by atoms with Gasteiger partial charge in [0, 0.05) is 25.8 Å². The molecular weight excluding hydrogens is 234 g/mol. The van der Waals surface area contributed by atoms with Crippen LogP contribution in [0.4, 0.5) is 5.69 Å². The van der Waals surface area contributed by atoms with Gasteiger partial charge < -0.3 is 10.2 Å². The second kappa shape index (κ2) is 8.16. The zero-order chi connectivity index (χ0) is 14.3. The minimum Gasteiger partial charge on any atom is -0.370 e. The maximum atomic E-state index is 4.28. The van der Waals surface area contributed by atoms with Gasteiger partial charge in [-0.1, -0.05) is 27.2 Å². The van der Waals surface area contributed by atoms with Crippen LogP contribution in [0, 0.1) is 5.92 Å². The predicted molar refractivity (Wildman–Crippen MR) is 83.6 cm³/mol. The van der Waals surface area contributed by atoms with Crippen molar-refractivity contribution in [3.05, 3.63) is 24.0 Å². The van der Waals surface area contributed by atoms with E-state index >= 15 is 0 Å². The summed E-state index contributed by atoms with van der Waals surface area (Å²) in [5, 5.41) is 3.51. The quantitative estimate of drug-likeness (QED) is 0.778. The number of pyridine rings is 1. The second-order valence-electron chi connectivity index (χ2n) is 5.78. The molecule has 1 aromatic heterocycles. The number of hydrogen-bond acceptors (Lipinski definition) is 3. The zero-order valence-electron chi connectivity index (χ0n) is 13.1. The average Bonchev–Trinajstić information content (AvgIpc) is 2.38. The second-order valence-corrected chi connectivity index (χ2v) is 5.78. The Balaban J connectivity index is 2.71. The average molecular weight is 263 g/mol. The maximum Gasteiger partial charge on any atom is 0.0598 e. The van der Waals surface area contributed by atoms with E-state index in [0.29, 0.717) is 12.0 Å². The van der Waals surface area contributed by atoms with Gasteiger partial charge in [0.15, 0.2) is 0 Å². The molecule has 1 heterocycles. The van der Waals surface area contributed by atoms with Gasteiger partial charge in [-0.05, 0) is 37.4 Å². The zero-order valence-corrected chi connectivity index (χ0v) is 13.1. The summed E-state index contributed by atoms with van der Waals surface area (Å²) in [5.41, 5.74) is 2.58. The Hall–Kier alpha value is -1.09. The van der Waals surface area contributed by atoms with Crippen LogP contribution < -0.4 is 10.2 Å². The van der Waals surface area contributed by atoms with E-state index in [1.807, 2.05) is 12.4 Å². The Morgan fingerprint density at radius 3 is 2.68 bits per heavy atom. The lowest BCUT2D eigenvalue weighted by Gasteiger charge is -2.28. The highest BCUT2D eigenvalue weighted by molar-refractivity contribution is 5.51. The van der Waals surface area contributed by atoms with Crippen LogP contribution in [0.25, 0.3) is 0 Å². The number of rotatable bonds is 8. The van der Waals surface area contributed by atoms with Crippen LogP contribution in [0.3, 0.4) is 0 Å². The first-order valence-corrected chi connectivity index (χ1v) is 7.42. The smallest absolute Gasteiger partial charge is 0.0598 e. The molecule has 0 spiro atoms. The van der Waals surface area contributed by atoms with E-state index in [0.717, 1.165) is 13.1 Å². The van der Waals surface area contributed by atoms with E-state index in [2.05, 4.69) is 56.0 Å². The minimum atomic E-state index is 0.554. The first-order valence-electron chi connectivity index (χ1n) is 7.42. The molecule has 0 aliphatic heterocycles. The fourth-order valence-corrected chi connectivity index (χ4v) is 2.23. The fourth-order valence-electron chi connectivity index (χ4n) is 2.23. The first-order chi connectivity index (χ1) is 9.06. The highest BCUT2D eigenvalue weighted by Gasteiger charge is 2.12. The molecule has 0 aliphatic carbocycles. The molecule has 0 amide bonds. The molecule has 3 heteroatoms. The summed E-state index contributed by atoms with van der Waals surface area (Å²) in [5.74, 6) is 0.682. The van der Waals surface area contributed by atoms with Gasteiger partial charge in [0.2, 0.25) is 0 Å². The van der Waals surface area contributed by atoms with Gasteiger partial charge in [-0.15, -0.1) is 0 Å². The van der Waals surface area contributed by atoms with Crippen molar-refractivity contribution in [2.45, 2.75) is 53.1 Å². The van der Waals surface area contributed by atoms with Crippen molar-refractivity contribution in [3.8, 4) is 0 Å². The van der Waals surface area contributed by atoms with E-state index in [1.165, 1.54) is 24.1 Å². The van der Waals surface area contributed by atoms with Crippen molar-refractivity contribution < 1.29 is 0 Å². The number of aromatic nitrogens is 1. The molecule has 3 nitrogen and oxygen atoms in total. The topological polar surface area (TPSA) is 28.2 Å². The monoisotopic (exact) mass is 263 g/mol. The standard InChI is InChI=1S/C16H29N3/c1-6-7-14(4)19(5)16-12-17-9-8-15(16)11-18-10-13(2)3/h8-9,12-14,18H,6-7,10-11H2,1-5H3. The normalized spacial score (nSPS) is 12.7. The fraction of sp³-hybridized carbons (Fsp3) is 0.688. The van der Waals surface area contributed by atoms with Gasteiger partial charge in [-0.2, -0.15) is 0 Å². The summed E-state index contributed by atoms with van der Waals surface area (Å²) in [6, 6.07) is 2.68. The van der Waals surface area contributed by atoms with Gasteiger partial charge in [-0.25, -0.2) is 0 Å². The molecule has 1 unspecified atom stereocenters. The van der Waals surface area contributed by atoms with Crippen molar-refractivity contribution in [1.82, 2.24) is 10.3 Å². The van der Waals surface area contributed by atoms with Crippen molar-refractivity contribution in [2.24, 2.45) is 5.92 Å². The molecular formula is C16H29N3. The summed E-state index contributed by atoms with van der Waals surface area (Å²) >= 11 is 0. The molecule has 19 heavy (non-hydrogen) atoms. The summed E-state index contributed by atoms with van der Waals surface area (Å²) in [7, 11) is 2.17. The van der Waals surface area contributed by atoms with Crippen molar-refractivity contribution in [2.75, 3.05) is 18.5 Å². The lowest BCUT2D eigenvalue weighted by molar-refractivity contribution is 0.550. The van der Waals surface area contributed by atoms with Crippen molar-refractivity contribution >= 4 is 5.69 Å². The van der Waals surface area contributed by atoms with Gasteiger partial charge in [-0.3, -0.25) is 4.98 Å². The first kappa shape index (κ1) is 16.0. The van der Waals surface area contributed by atoms with Gasteiger partial charge >= 0.3 is 0 Å². The third-order valence-corrected chi connectivity index (χ3v) is 3.50. The Morgan fingerprint density at radius 2 is 2.05 bits per heavy atom. The molecule has 0 saturated carbocycles. The van der Waals surface area contributed by atoms with Crippen LogP contribution in [0.15, 0.2) is 18.5 Å². The lowest BCUT2D eigenvalue weighted by Crippen LogP contribution is -2.30. The molecule has 108 valence electrons. The van der Waals surface area contributed by atoms with Gasteiger partial charge in [0.1, 0.15) is 0 Å². The third-order valence-electron chi connectivity index (χ3n) is 3.50. The number of hydrogen-bond donors (Lipinski definition) is 1. The van der Waals surface area contributed by atoms with Crippen LogP contribution in [0.5, 0.6) is 0 Å². The summed E-state index contributed by atoms with van der Waals surface area (Å²) in [6.45, 7) is 10.9. The molecule has 1 rings (SSSR count). The Morgan fingerprint density at radius 1 is 1.32 bits per heavy atom. The van der Waals surface area contributed by atoms with Crippen LogP contribution in [-0.2, 0) is 6.54 Å². The SMILES string of the molecule is CCCC(C)N(C)c1cnccc1CNCC(C)C. The van der Waals surface area contributed by atoms with Crippen LogP contribution in [-0.4, -0.2) is 24.6 Å². The van der Waals surface area contributed by atoms with Crippen molar-refractivity contribution in [1.29, 1.82) is 0 Å². The van der Waals surface area contributed by atoms with E-state index in [4.69, 9.17) is 0 Å². The van der Waals surface area contributed by atoms with E-state index < -0.39 is 0 Å². The van der Waals surface area contributed by atoms with Crippen LogP contribution in [0.2, 0.25) is 0 Å². The molecule has 0 aliphatic rings. The summed E-state index contributed by atoms with van der Waals surface area (Å²) < 4.78 is 0. The highest BCUT2D eigenvalue weighted by atomic mass is 15.1. The lowest BCUT2D eigenvalue weighted by atomic mass is 10.1. The summed E-state index contributed by atoms with van der Waals surface area (Å²) in [4.78, 5) is 6.63. The predicted octanol–water partition coefficient (Wildman–Crippen LogP) is 3.45. The number of nitrogens with zero attached hydrogens (tertiary/aromatic N) is 2. The third kappa shape index (κ3) is 5.19. The number of anilines is 1. The van der Waals surface area contributed by atoms with E-state index in [9.17, 15) is 0 Å². The molecule has 0 aromatic carbocycles. The Bertz CT molecular complexity index is 363. The molecule has 0 fully saturated rings. The molecule has 1 atom stereocenters. The molecule has 1 N–H and O–H groups in total. The summed E-state index contributed by atoms with van der Waals surface area (Å²) in [6.07, 6.45) is 6.30. The Kier molecular flexibility index (Phi) is 6.85. The van der Waals surface area contributed by atoms with E-state index in [-0.39, 0.29) is 0 Å². The molecule has 0 radical (unpaired) electrons. The van der Waals surface area contributed by atoms with Gasteiger partial charge in [0.25, 0.3) is 0 Å². The van der Waals surface area contributed by atoms with E-state index in [1.54, 1.807) is 0 Å². The van der Waals surface area contributed by atoms with Gasteiger partial charge in [0.05, 0.1) is 11.9 Å². The molecule has 1 aromatic rings. The molecule has 0 saturated heterocycles.